The molecule has 0 aromatic heterocycles. The van der Waals surface area contributed by atoms with Crippen molar-refractivity contribution in [1.82, 2.24) is 5.32 Å². The van der Waals surface area contributed by atoms with Crippen molar-refractivity contribution >= 4 is 34.8 Å². The van der Waals surface area contributed by atoms with E-state index in [1.807, 2.05) is 17.8 Å². The van der Waals surface area contributed by atoms with Gasteiger partial charge in [-0.3, -0.25) is 0 Å². The second-order valence-electron chi connectivity index (χ2n) is 7.68. The van der Waals surface area contributed by atoms with Crippen LogP contribution in [-0.4, -0.2) is 11.7 Å². The second-order valence-corrected chi connectivity index (χ2v) is 9.14. The molecule has 0 fully saturated rings. The molecule has 0 amide bonds. The van der Waals surface area contributed by atoms with Crippen LogP contribution in [0.3, 0.4) is 0 Å². The van der Waals surface area contributed by atoms with Crippen molar-refractivity contribution in [3.63, 3.8) is 0 Å². The fraction of sp³-hybridized carbons (Fsp3) is 0.269. The van der Waals surface area contributed by atoms with Gasteiger partial charge < -0.3 is 10.6 Å². The lowest BCUT2D eigenvalue weighted by atomic mass is 10.0. The molecule has 0 heterocycles. The van der Waals surface area contributed by atoms with Gasteiger partial charge in [-0.1, -0.05) is 68.4 Å². The maximum Gasteiger partial charge on any atom is 0.170 e. The summed E-state index contributed by atoms with van der Waals surface area (Å²) in [5.41, 5.74) is 5.10. The number of thioether (sulfide) groups is 1. The molecule has 30 heavy (non-hydrogen) atoms. The van der Waals surface area contributed by atoms with Crippen LogP contribution in [0.25, 0.3) is 0 Å². The number of rotatable bonds is 9. The van der Waals surface area contributed by atoms with E-state index in [2.05, 4.69) is 97.3 Å². The summed E-state index contributed by atoms with van der Waals surface area (Å²) in [6.45, 7) is 5.32. The van der Waals surface area contributed by atoms with Crippen molar-refractivity contribution in [2.45, 2.75) is 43.3 Å². The number of benzene rings is 3. The van der Waals surface area contributed by atoms with E-state index in [0.29, 0.717) is 11.0 Å². The average Bonchev–Trinajstić information content (AvgIpc) is 2.77. The molecular formula is C26H30N2S2. The molecule has 0 unspecified atom stereocenters. The summed E-state index contributed by atoms with van der Waals surface area (Å²) in [6, 6.07) is 27.9. The third-order valence-electron chi connectivity index (χ3n) is 4.93. The zero-order valence-corrected chi connectivity index (χ0v) is 19.4. The van der Waals surface area contributed by atoms with Crippen LogP contribution in [-0.2, 0) is 12.2 Å². The van der Waals surface area contributed by atoms with Crippen molar-refractivity contribution in [2.75, 3.05) is 11.9 Å². The molecule has 0 aliphatic rings. The molecule has 4 heteroatoms. The Kier molecular flexibility index (Phi) is 8.79. The minimum atomic E-state index is 0.584. The van der Waals surface area contributed by atoms with Gasteiger partial charge in [-0.15, -0.1) is 11.8 Å². The quantitative estimate of drug-likeness (QED) is 0.215. The summed E-state index contributed by atoms with van der Waals surface area (Å²) in [5.74, 6) is 1.55. The van der Waals surface area contributed by atoms with E-state index in [1.165, 1.54) is 21.6 Å². The number of anilines is 1. The fourth-order valence-corrected chi connectivity index (χ4v) is 4.20. The molecule has 0 radical (unpaired) electrons. The molecule has 3 aromatic rings. The predicted molar refractivity (Wildman–Crippen MR) is 136 cm³/mol. The highest BCUT2D eigenvalue weighted by atomic mass is 32.2. The summed E-state index contributed by atoms with van der Waals surface area (Å²) < 4.78 is 0. The molecule has 3 aromatic carbocycles. The monoisotopic (exact) mass is 434 g/mol. The Morgan fingerprint density at radius 3 is 2.20 bits per heavy atom. The number of aryl methyl sites for hydroxylation is 1. The van der Waals surface area contributed by atoms with Gasteiger partial charge in [0.2, 0.25) is 0 Å². The van der Waals surface area contributed by atoms with Crippen LogP contribution in [0.1, 0.15) is 42.9 Å². The molecule has 2 N–H and O–H groups in total. The number of hydrogen-bond donors (Lipinski definition) is 2. The fourth-order valence-electron chi connectivity index (χ4n) is 3.11. The van der Waals surface area contributed by atoms with E-state index in [1.54, 1.807) is 0 Å². The minimum Gasteiger partial charge on any atom is -0.362 e. The Morgan fingerprint density at radius 1 is 0.867 bits per heavy atom. The van der Waals surface area contributed by atoms with Gasteiger partial charge >= 0.3 is 0 Å². The molecule has 0 saturated heterocycles. The van der Waals surface area contributed by atoms with E-state index in [4.69, 9.17) is 12.2 Å². The summed E-state index contributed by atoms with van der Waals surface area (Å²) in [4.78, 5) is 1.29. The number of hydrogen-bond acceptors (Lipinski definition) is 2. The number of thiocarbonyl (C=S) groups is 1. The first-order valence-corrected chi connectivity index (χ1v) is 11.9. The standard InChI is InChI=1S/C26H30N2S2/c1-20(2)23-14-10-21(11-15-23)7-6-18-27-26(29)28-24-16-12-22(13-17-24)19-30-25-8-4-3-5-9-25/h3-5,8-17,20H,6-7,18-19H2,1-2H3,(H2,27,28,29). The van der Waals surface area contributed by atoms with Crippen LogP contribution in [0, 0.1) is 0 Å². The van der Waals surface area contributed by atoms with Crippen LogP contribution in [0.4, 0.5) is 5.69 Å². The third kappa shape index (κ3) is 7.51. The molecular weight excluding hydrogens is 404 g/mol. The first-order chi connectivity index (χ1) is 14.6. The van der Waals surface area contributed by atoms with Crippen LogP contribution >= 0.6 is 24.0 Å². The van der Waals surface area contributed by atoms with Gasteiger partial charge in [-0.2, -0.15) is 0 Å². The predicted octanol–water partition coefficient (Wildman–Crippen LogP) is 7.02. The van der Waals surface area contributed by atoms with E-state index in [-0.39, 0.29) is 0 Å². The maximum atomic E-state index is 5.43. The Labute approximate surface area is 190 Å². The first-order valence-electron chi connectivity index (χ1n) is 10.5. The molecule has 2 nitrogen and oxygen atoms in total. The normalized spacial score (nSPS) is 10.8. The van der Waals surface area contributed by atoms with E-state index < -0.39 is 0 Å². The Morgan fingerprint density at radius 2 is 1.53 bits per heavy atom. The van der Waals surface area contributed by atoms with Crippen molar-refractivity contribution in [3.8, 4) is 0 Å². The molecule has 0 saturated carbocycles. The molecule has 3 rings (SSSR count). The Bertz CT molecular complexity index is 904. The smallest absolute Gasteiger partial charge is 0.170 e. The molecule has 0 spiro atoms. The first kappa shape index (κ1) is 22.4. The lowest BCUT2D eigenvalue weighted by Crippen LogP contribution is -2.29. The maximum absolute atomic E-state index is 5.43. The van der Waals surface area contributed by atoms with Gasteiger partial charge in [0, 0.05) is 22.9 Å². The molecule has 0 bridgehead atoms. The third-order valence-corrected chi connectivity index (χ3v) is 6.26. The van der Waals surface area contributed by atoms with E-state index in [9.17, 15) is 0 Å². The molecule has 156 valence electrons. The van der Waals surface area contributed by atoms with Gasteiger partial charge in [0.05, 0.1) is 0 Å². The van der Waals surface area contributed by atoms with Crippen LogP contribution in [0.15, 0.2) is 83.8 Å². The van der Waals surface area contributed by atoms with Crippen LogP contribution in [0.2, 0.25) is 0 Å². The summed E-state index contributed by atoms with van der Waals surface area (Å²) in [7, 11) is 0. The van der Waals surface area contributed by atoms with Gasteiger partial charge in [0.15, 0.2) is 5.11 Å². The zero-order valence-electron chi connectivity index (χ0n) is 17.7. The average molecular weight is 435 g/mol. The summed E-state index contributed by atoms with van der Waals surface area (Å²) >= 11 is 7.28. The SMILES string of the molecule is CC(C)c1ccc(CCCNC(=S)Nc2ccc(CSc3ccccc3)cc2)cc1. The van der Waals surface area contributed by atoms with Crippen molar-refractivity contribution in [3.05, 3.63) is 95.6 Å². The van der Waals surface area contributed by atoms with E-state index >= 15 is 0 Å². The molecule has 0 aliphatic carbocycles. The lowest BCUT2D eigenvalue weighted by Gasteiger charge is -2.11. The molecule has 0 aliphatic heterocycles. The van der Waals surface area contributed by atoms with Crippen molar-refractivity contribution in [1.29, 1.82) is 0 Å². The highest BCUT2D eigenvalue weighted by Gasteiger charge is 2.01. The van der Waals surface area contributed by atoms with Crippen LogP contribution in [0.5, 0.6) is 0 Å². The van der Waals surface area contributed by atoms with Crippen LogP contribution < -0.4 is 10.6 Å². The zero-order chi connectivity index (χ0) is 21.2. The second kappa shape index (κ2) is 11.8. The Balaban J connectivity index is 1.35. The minimum absolute atomic E-state index is 0.584. The Hall–Kier alpha value is -2.30. The molecule has 0 atom stereocenters. The topological polar surface area (TPSA) is 24.1 Å². The highest BCUT2D eigenvalue weighted by molar-refractivity contribution is 7.98. The van der Waals surface area contributed by atoms with E-state index in [0.717, 1.165) is 30.8 Å². The van der Waals surface area contributed by atoms with Gasteiger partial charge in [-0.25, -0.2) is 0 Å². The van der Waals surface area contributed by atoms with Gasteiger partial charge in [0.25, 0.3) is 0 Å². The van der Waals surface area contributed by atoms with Crippen molar-refractivity contribution < 1.29 is 0 Å². The summed E-state index contributed by atoms with van der Waals surface area (Å²) in [5, 5.41) is 7.26. The lowest BCUT2D eigenvalue weighted by molar-refractivity contribution is 0.776. The number of nitrogens with one attached hydrogen (secondary N) is 2. The van der Waals surface area contributed by atoms with Gasteiger partial charge in [0.1, 0.15) is 0 Å². The highest BCUT2D eigenvalue weighted by Crippen LogP contribution is 2.23. The summed E-state index contributed by atoms with van der Waals surface area (Å²) in [6.07, 6.45) is 2.11. The van der Waals surface area contributed by atoms with Crippen molar-refractivity contribution in [2.24, 2.45) is 0 Å². The van der Waals surface area contributed by atoms with Gasteiger partial charge in [-0.05, 0) is 71.9 Å². The largest absolute Gasteiger partial charge is 0.362 e.